The van der Waals surface area contributed by atoms with E-state index in [-0.39, 0.29) is 12.4 Å². The zero-order valence-corrected chi connectivity index (χ0v) is 9.65. The molecule has 0 aliphatic carbocycles. The number of nitrogens with two attached hydrogens (primary N) is 1. The minimum Gasteiger partial charge on any atom is -0.409 e. The van der Waals surface area contributed by atoms with Gasteiger partial charge >= 0.3 is 0 Å². The van der Waals surface area contributed by atoms with E-state index in [2.05, 4.69) is 5.16 Å². The minimum absolute atomic E-state index is 0.0118. The largest absolute Gasteiger partial charge is 0.409 e. The number of aliphatic hydroxyl groups is 1. The summed E-state index contributed by atoms with van der Waals surface area (Å²) in [6.45, 7) is 0.474. The molecule has 0 amide bonds. The minimum atomic E-state index is -0.0118. The van der Waals surface area contributed by atoms with Crippen LogP contribution in [0.5, 0.6) is 0 Å². The topological polar surface area (TPSA) is 82.1 Å². The number of aliphatic hydroxyl groups excluding tert-OH is 1. The van der Waals surface area contributed by atoms with Crippen molar-refractivity contribution in [1.29, 1.82) is 0 Å². The van der Waals surface area contributed by atoms with Crippen molar-refractivity contribution in [2.45, 2.75) is 0 Å². The van der Waals surface area contributed by atoms with Crippen LogP contribution < -0.4 is 10.6 Å². The second-order valence-corrected chi connectivity index (χ2v) is 3.73. The number of benzene rings is 1. The summed E-state index contributed by atoms with van der Waals surface area (Å²) >= 11 is 5.84. The molecular weight excluding hydrogens is 230 g/mol. The van der Waals surface area contributed by atoms with Crippen LogP contribution >= 0.6 is 11.6 Å². The van der Waals surface area contributed by atoms with Gasteiger partial charge in [-0.3, -0.25) is 0 Å². The summed E-state index contributed by atoms with van der Waals surface area (Å²) in [5.41, 5.74) is 6.83. The van der Waals surface area contributed by atoms with Crippen LogP contribution in [0.25, 0.3) is 0 Å². The molecule has 1 aromatic carbocycles. The number of hydrogen-bond donors (Lipinski definition) is 3. The highest BCUT2D eigenvalue weighted by molar-refractivity contribution is 6.31. The van der Waals surface area contributed by atoms with E-state index >= 15 is 0 Å². The molecule has 0 fully saturated rings. The van der Waals surface area contributed by atoms with Crippen molar-refractivity contribution in [2.75, 3.05) is 25.1 Å². The highest BCUT2D eigenvalue weighted by Crippen LogP contribution is 2.23. The van der Waals surface area contributed by atoms with E-state index in [1.54, 1.807) is 30.1 Å². The van der Waals surface area contributed by atoms with Gasteiger partial charge in [0, 0.05) is 29.9 Å². The zero-order chi connectivity index (χ0) is 12.1. The van der Waals surface area contributed by atoms with Gasteiger partial charge in [0.25, 0.3) is 0 Å². The number of amidine groups is 1. The fraction of sp³-hybridized carbons (Fsp3) is 0.300. The van der Waals surface area contributed by atoms with Crippen LogP contribution in [0, 0.1) is 0 Å². The van der Waals surface area contributed by atoms with Gasteiger partial charge in [-0.1, -0.05) is 16.8 Å². The summed E-state index contributed by atoms with van der Waals surface area (Å²) < 4.78 is 0. The molecule has 0 aliphatic heterocycles. The molecule has 5 nitrogen and oxygen atoms in total. The third-order valence-electron chi connectivity index (χ3n) is 2.19. The van der Waals surface area contributed by atoms with Crippen molar-refractivity contribution in [2.24, 2.45) is 10.9 Å². The summed E-state index contributed by atoms with van der Waals surface area (Å²) in [5.74, 6) is -0.0118. The molecule has 1 rings (SSSR count). The van der Waals surface area contributed by atoms with Crippen molar-refractivity contribution >= 4 is 23.1 Å². The number of hydrogen-bond acceptors (Lipinski definition) is 4. The monoisotopic (exact) mass is 243 g/mol. The summed E-state index contributed by atoms with van der Waals surface area (Å²) in [7, 11) is 1.80. The fourth-order valence-corrected chi connectivity index (χ4v) is 1.54. The van der Waals surface area contributed by atoms with Crippen LogP contribution in [0.2, 0.25) is 5.02 Å². The van der Waals surface area contributed by atoms with Crippen LogP contribution in [0.4, 0.5) is 5.69 Å². The Morgan fingerprint density at radius 2 is 2.25 bits per heavy atom. The molecule has 0 spiro atoms. The number of rotatable bonds is 4. The van der Waals surface area contributed by atoms with Gasteiger partial charge in [-0.05, 0) is 18.2 Å². The average Bonchev–Trinajstić information content (AvgIpc) is 2.28. The van der Waals surface area contributed by atoms with Gasteiger partial charge in [0.1, 0.15) is 0 Å². The fourth-order valence-electron chi connectivity index (χ4n) is 1.37. The molecular formula is C10H14ClN3O2. The van der Waals surface area contributed by atoms with Crippen LogP contribution in [-0.4, -0.2) is 36.3 Å². The second kappa shape index (κ2) is 5.58. The van der Waals surface area contributed by atoms with Crippen molar-refractivity contribution in [3.8, 4) is 0 Å². The maximum absolute atomic E-state index is 8.86. The van der Waals surface area contributed by atoms with Crippen LogP contribution in [0.15, 0.2) is 23.4 Å². The Labute approximate surface area is 98.7 Å². The van der Waals surface area contributed by atoms with Gasteiger partial charge in [0.05, 0.1) is 6.61 Å². The quantitative estimate of drug-likeness (QED) is 0.317. The van der Waals surface area contributed by atoms with E-state index in [1.807, 2.05) is 0 Å². The Hall–Kier alpha value is -1.46. The Morgan fingerprint density at radius 1 is 1.56 bits per heavy atom. The third kappa shape index (κ3) is 2.77. The number of halogens is 1. The zero-order valence-electron chi connectivity index (χ0n) is 8.89. The van der Waals surface area contributed by atoms with Crippen molar-refractivity contribution in [3.05, 3.63) is 28.8 Å². The van der Waals surface area contributed by atoms with E-state index in [0.29, 0.717) is 17.1 Å². The molecule has 0 bridgehead atoms. The Bertz CT molecular complexity index is 396. The molecule has 0 aliphatic rings. The Morgan fingerprint density at radius 3 is 2.81 bits per heavy atom. The van der Waals surface area contributed by atoms with Crippen LogP contribution in [0.1, 0.15) is 5.56 Å². The van der Waals surface area contributed by atoms with Crippen molar-refractivity contribution in [3.63, 3.8) is 0 Å². The lowest BCUT2D eigenvalue weighted by molar-refractivity contribution is 0.304. The average molecular weight is 244 g/mol. The Kier molecular flexibility index (Phi) is 4.39. The predicted octanol–water partition coefficient (Wildman–Crippen LogP) is 0.863. The van der Waals surface area contributed by atoms with Crippen LogP contribution in [0.3, 0.4) is 0 Å². The number of oxime groups is 1. The van der Waals surface area contributed by atoms with E-state index in [4.69, 9.17) is 27.6 Å². The number of likely N-dealkylation sites (N-methyl/N-ethyl adjacent to an activating group) is 1. The van der Waals surface area contributed by atoms with Crippen LogP contribution in [-0.2, 0) is 0 Å². The SMILES string of the molecule is CN(CCO)c1ccc(Cl)cc1C(N)=NO. The first kappa shape index (κ1) is 12.6. The van der Waals surface area contributed by atoms with E-state index < -0.39 is 0 Å². The number of anilines is 1. The van der Waals surface area contributed by atoms with E-state index in [9.17, 15) is 0 Å². The van der Waals surface area contributed by atoms with Gasteiger partial charge in [-0.2, -0.15) is 0 Å². The van der Waals surface area contributed by atoms with E-state index in [1.165, 1.54) is 0 Å². The second-order valence-electron chi connectivity index (χ2n) is 3.29. The first-order valence-corrected chi connectivity index (χ1v) is 5.07. The molecule has 0 unspecified atom stereocenters. The van der Waals surface area contributed by atoms with E-state index in [0.717, 1.165) is 5.69 Å². The standard InChI is InChI=1S/C10H14ClN3O2/c1-14(4-5-15)9-3-2-7(11)6-8(9)10(12)13-16/h2-3,6,15-16H,4-5H2,1H3,(H2,12,13). The lowest BCUT2D eigenvalue weighted by Gasteiger charge is -2.21. The molecule has 88 valence electrons. The molecule has 4 N–H and O–H groups in total. The molecule has 0 radical (unpaired) electrons. The molecule has 1 aromatic rings. The molecule has 0 aromatic heterocycles. The van der Waals surface area contributed by atoms with Gasteiger partial charge < -0.3 is 20.9 Å². The highest BCUT2D eigenvalue weighted by atomic mass is 35.5. The molecule has 0 saturated heterocycles. The maximum Gasteiger partial charge on any atom is 0.172 e. The summed E-state index contributed by atoms with van der Waals surface area (Å²) in [6, 6.07) is 5.07. The Balaban J connectivity index is 3.17. The molecule has 0 heterocycles. The molecule has 6 heteroatoms. The normalized spacial score (nSPS) is 11.6. The summed E-state index contributed by atoms with van der Waals surface area (Å²) in [5, 5.41) is 21.0. The van der Waals surface area contributed by atoms with Gasteiger partial charge in [0.2, 0.25) is 0 Å². The molecule has 0 saturated carbocycles. The smallest absolute Gasteiger partial charge is 0.172 e. The molecule has 16 heavy (non-hydrogen) atoms. The van der Waals surface area contributed by atoms with Gasteiger partial charge in [-0.15, -0.1) is 0 Å². The van der Waals surface area contributed by atoms with Gasteiger partial charge in [0.15, 0.2) is 5.84 Å². The van der Waals surface area contributed by atoms with Crippen molar-refractivity contribution < 1.29 is 10.3 Å². The molecule has 0 atom stereocenters. The van der Waals surface area contributed by atoms with Gasteiger partial charge in [-0.25, -0.2) is 0 Å². The summed E-state index contributed by atoms with van der Waals surface area (Å²) in [6.07, 6.45) is 0. The predicted molar refractivity (Wildman–Crippen MR) is 64.3 cm³/mol. The third-order valence-corrected chi connectivity index (χ3v) is 2.42. The maximum atomic E-state index is 8.86. The number of nitrogens with zero attached hydrogens (tertiary/aromatic N) is 2. The summed E-state index contributed by atoms with van der Waals surface area (Å²) in [4.78, 5) is 1.80. The first-order valence-electron chi connectivity index (χ1n) is 4.69. The highest BCUT2D eigenvalue weighted by Gasteiger charge is 2.11. The first-order chi connectivity index (χ1) is 7.60. The lowest BCUT2D eigenvalue weighted by Crippen LogP contribution is -2.25. The lowest BCUT2D eigenvalue weighted by atomic mass is 10.1. The van der Waals surface area contributed by atoms with Crippen molar-refractivity contribution in [1.82, 2.24) is 0 Å².